The fourth-order valence-electron chi connectivity index (χ4n) is 5.73. The van der Waals surface area contributed by atoms with E-state index in [9.17, 15) is 4.39 Å². The number of methoxy groups -OCH3 is 1. The van der Waals surface area contributed by atoms with Crippen molar-refractivity contribution in [2.75, 3.05) is 25.1 Å². The van der Waals surface area contributed by atoms with Crippen molar-refractivity contribution in [3.63, 3.8) is 0 Å². The van der Waals surface area contributed by atoms with Gasteiger partial charge in [-0.1, -0.05) is 6.07 Å². The van der Waals surface area contributed by atoms with E-state index in [1.54, 1.807) is 30.0 Å². The molecule has 7 nitrogen and oxygen atoms in total. The van der Waals surface area contributed by atoms with E-state index < -0.39 is 0 Å². The Morgan fingerprint density at radius 3 is 2.74 bits per heavy atom. The molecule has 8 heteroatoms. The number of nitrogens with two attached hydrogens (primary N) is 1. The van der Waals surface area contributed by atoms with E-state index in [-0.39, 0.29) is 17.3 Å². The second-order valence-electron chi connectivity index (χ2n) is 9.39. The molecule has 2 N–H and O–H groups in total. The minimum Gasteiger partial charge on any atom is -0.497 e. The first kappa shape index (κ1) is 21.0. The third-order valence-electron chi connectivity index (χ3n) is 7.63. The summed E-state index contributed by atoms with van der Waals surface area (Å²) in [7, 11) is 1.57. The standard InChI is InChI=1S/C26H27FN6O/c1-16-23(19-14-17(34-2)5-6-20(19)27)33-22(7-11-30-33)25(31-16)32-12-8-26(9-13-32)15-21-18(24(26)28)4-3-10-29-21/h3-7,10-11,14,24H,8-9,12-13,15,28H2,1-2H3/t24-/m1/s1. The van der Waals surface area contributed by atoms with Crippen molar-refractivity contribution in [3.8, 4) is 17.0 Å². The van der Waals surface area contributed by atoms with Crippen LogP contribution in [0.4, 0.5) is 10.2 Å². The topological polar surface area (TPSA) is 81.6 Å². The number of nitrogens with zero attached hydrogens (tertiary/aromatic N) is 5. The van der Waals surface area contributed by atoms with Crippen LogP contribution in [0.15, 0.2) is 48.8 Å². The van der Waals surface area contributed by atoms with Gasteiger partial charge in [-0.2, -0.15) is 5.10 Å². The molecule has 0 amide bonds. The fourth-order valence-corrected chi connectivity index (χ4v) is 5.73. The van der Waals surface area contributed by atoms with Gasteiger partial charge in [-0.3, -0.25) is 4.98 Å². The van der Waals surface area contributed by atoms with Crippen molar-refractivity contribution in [1.29, 1.82) is 0 Å². The van der Waals surface area contributed by atoms with Crippen molar-refractivity contribution < 1.29 is 9.13 Å². The van der Waals surface area contributed by atoms with Crippen LogP contribution in [0.3, 0.4) is 0 Å². The van der Waals surface area contributed by atoms with E-state index in [0.717, 1.165) is 49.4 Å². The molecule has 3 aromatic heterocycles. The molecule has 0 unspecified atom stereocenters. The predicted molar refractivity (Wildman–Crippen MR) is 128 cm³/mol. The van der Waals surface area contributed by atoms with Gasteiger partial charge in [-0.15, -0.1) is 0 Å². The summed E-state index contributed by atoms with van der Waals surface area (Å²) >= 11 is 0. The Morgan fingerprint density at radius 2 is 1.97 bits per heavy atom. The van der Waals surface area contributed by atoms with Gasteiger partial charge in [0.05, 0.1) is 24.7 Å². The molecule has 1 saturated heterocycles. The maximum atomic E-state index is 14.8. The fraction of sp³-hybridized carbons (Fsp3) is 0.346. The van der Waals surface area contributed by atoms with Gasteiger partial charge in [0.25, 0.3) is 0 Å². The van der Waals surface area contributed by atoms with Crippen LogP contribution in [0.25, 0.3) is 16.8 Å². The maximum Gasteiger partial charge on any atom is 0.155 e. The number of aryl methyl sites for hydroxylation is 1. The second-order valence-corrected chi connectivity index (χ2v) is 9.39. The summed E-state index contributed by atoms with van der Waals surface area (Å²) in [6.07, 6.45) is 6.47. The minimum absolute atomic E-state index is 0.0152. The smallest absolute Gasteiger partial charge is 0.155 e. The molecule has 1 fully saturated rings. The Kier molecular flexibility index (Phi) is 4.81. The van der Waals surface area contributed by atoms with Crippen LogP contribution < -0.4 is 15.4 Å². The molecule has 0 saturated carbocycles. The molecule has 1 aromatic carbocycles. The lowest BCUT2D eigenvalue weighted by molar-refractivity contribution is 0.187. The summed E-state index contributed by atoms with van der Waals surface area (Å²) in [6.45, 7) is 3.60. The average molecular weight is 459 g/mol. The summed E-state index contributed by atoms with van der Waals surface area (Å²) < 4.78 is 21.9. The van der Waals surface area contributed by atoms with Gasteiger partial charge in [0.2, 0.25) is 0 Å². The van der Waals surface area contributed by atoms with E-state index in [1.165, 1.54) is 11.6 Å². The highest BCUT2D eigenvalue weighted by molar-refractivity contribution is 5.76. The quantitative estimate of drug-likeness (QED) is 0.498. The largest absolute Gasteiger partial charge is 0.497 e. The zero-order valence-electron chi connectivity index (χ0n) is 19.3. The summed E-state index contributed by atoms with van der Waals surface area (Å²) in [4.78, 5) is 11.9. The highest BCUT2D eigenvalue weighted by atomic mass is 19.1. The minimum atomic E-state index is -0.335. The Morgan fingerprint density at radius 1 is 1.15 bits per heavy atom. The molecule has 174 valence electrons. The number of hydrogen-bond acceptors (Lipinski definition) is 6. The molecule has 1 atom stereocenters. The summed E-state index contributed by atoms with van der Waals surface area (Å²) in [5, 5.41) is 4.53. The number of halogens is 1. The molecule has 0 bridgehead atoms. The summed E-state index contributed by atoms with van der Waals surface area (Å²) in [5.74, 6) is 1.13. The van der Waals surface area contributed by atoms with Crippen LogP contribution in [0.1, 0.15) is 35.8 Å². The Hall–Kier alpha value is -3.52. The lowest BCUT2D eigenvalue weighted by Gasteiger charge is -2.42. The van der Waals surface area contributed by atoms with Gasteiger partial charge >= 0.3 is 0 Å². The number of rotatable bonds is 3. The first-order valence-corrected chi connectivity index (χ1v) is 11.6. The van der Waals surface area contributed by atoms with Crippen LogP contribution in [-0.4, -0.2) is 39.8 Å². The number of aromatic nitrogens is 4. The monoisotopic (exact) mass is 458 g/mol. The first-order valence-electron chi connectivity index (χ1n) is 11.6. The Balaban J connectivity index is 1.34. The number of benzene rings is 1. The third-order valence-corrected chi connectivity index (χ3v) is 7.63. The maximum absolute atomic E-state index is 14.8. The highest BCUT2D eigenvalue weighted by Gasteiger charge is 2.46. The van der Waals surface area contributed by atoms with Gasteiger partial charge in [0.1, 0.15) is 17.1 Å². The van der Waals surface area contributed by atoms with Crippen molar-refractivity contribution in [2.45, 2.75) is 32.2 Å². The van der Waals surface area contributed by atoms with E-state index in [2.05, 4.69) is 21.0 Å². The molecule has 1 aliphatic carbocycles. The zero-order valence-corrected chi connectivity index (χ0v) is 19.3. The van der Waals surface area contributed by atoms with Gasteiger partial charge in [-0.05, 0) is 67.5 Å². The van der Waals surface area contributed by atoms with E-state index in [0.29, 0.717) is 22.7 Å². The SMILES string of the molecule is COc1ccc(F)c(-c2c(C)nc(N3CCC4(CC3)Cc3ncccc3[C@H]4N)c3ccnn23)c1. The van der Waals surface area contributed by atoms with Gasteiger partial charge in [0, 0.05) is 36.6 Å². The first-order chi connectivity index (χ1) is 16.5. The highest BCUT2D eigenvalue weighted by Crippen LogP contribution is 2.50. The van der Waals surface area contributed by atoms with Gasteiger partial charge in [-0.25, -0.2) is 13.9 Å². The third kappa shape index (κ3) is 3.09. The second kappa shape index (κ2) is 7.77. The normalized spacial score (nSPS) is 19.1. The number of pyridine rings is 1. The number of piperidine rings is 1. The number of ether oxygens (including phenoxy) is 1. The molecule has 1 spiro atoms. The molecule has 6 rings (SSSR count). The summed E-state index contributed by atoms with van der Waals surface area (Å²) in [6, 6.07) is 10.8. The van der Waals surface area contributed by atoms with E-state index in [1.807, 2.05) is 25.3 Å². The van der Waals surface area contributed by atoms with Gasteiger partial charge < -0.3 is 15.4 Å². The molecule has 34 heavy (non-hydrogen) atoms. The lowest BCUT2D eigenvalue weighted by atomic mass is 9.73. The number of hydrogen-bond donors (Lipinski definition) is 1. The molecule has 0 radical (unpaired) electrons. The zero-order chi connectivity index (χ0) is 23.4. The molecule has 4 heterocycles. The van der Waals surface area contributed by atoms with Crippen LogP contribution >= 0.6 is 0 Å². The number of anilines is 1. The molecular weight excluding hydrogens is 431 g/mol. The summed E-state index contributed by atoms with van der Waals surface area (Å²) in [5.41, 5.74) is 11.7. The predicted octanol–water partition coefficient (Wildman–Crippen LogP) is 4.09. The van der Waals surface area contributed by atoms with Crippen molar-refractivity contribution >= 4 is 11.3 Å². The van der Waals surface area contributed by atoms with Crippen molar-refractivity contribution in [3.05, 3.63) is 71.6 Å². The van der Waals surface area contributed by atoms with Crippen LogP contribution in [-0.2, 0) is 6.42 Å². The molecule has 2 aliphatic rings. The van der Waals surface area contributed by atoms with E-state index in [4.69, 9.17) is 15.5 Å². The molecule has 4 aromatic rings. The van der Waals surface area contributed by atoms with Gasteiger partial charge in [0.15, 0.2) is 5.82 Å². The van der Waals surface area contributed by atoms with Crippen molar-refractivity contribution in [2.24, 2.45) is 11.1 Å². The molecular formula is C26H27FN6O. The van der Waals surface area contributed by atoms with Crippen LogP contribution in [0.2, 0.25) is 0 Å². The number of fused-ring (bicyclic) bond motifs is 2. The van der Waals surface area contributed by atoms with E-state index >= 15 is 0 Å². The van der Waals surface area contributed by atoms with Crippen molar-refractivity contribution in [1.82, 2.24) is 19.6 Å². The molecule has 1 aliphatic heterocycles. The lowest BCUT2D eigenvalue weighted by Crippen LogP contribution is -2.44. The average Bonchev–Trinajstić information content (AvgIpc) is 3.44. The Labute approximate surface area is 197 Å². The Bertz CT molecular complexity index is 1390. The van der Waals surface area contributed by atoms with Crippen LogP contribution in [0, 0.1) is 18.2 Å². The van der Waals surface area contributed by atoms with Crippen LogP contribution in [0.5, 0.6) is 5.75 Å².